The summed E-state index contributed by atoms with van der Waals surface area (Å²) >= 11 is 3.48. The first-order valence-electron chi connectivity index (χ1n) is 12.6. The summed E-state index contributed by atoms with van der Waals surface area (Å²) in [6.07, 6.45) is 0. The highest BCUT2D eigenvalue weighted by molar-refractivity contribution is 9.10. The average Bonchev–Trinajstić information content (AvgIpc) is 3.62. The molecule has 6 rings (SSSR count). The van der Waals surface area contributed by atoms with Gasteiger partial charge in [0.05, 0.1) is 16.5 Å². The van der Waals surface area contributed by atoms with Crippen LogP contribution in [0.5, 0.6) is 5.75 Å². The van der Waals surface area contributed by atoms with Crippen LogP contribution in [0.15, 0.2) is 117 Å². The Labute approximate surface area is 238 Å². The van der Waals surface area contributed by atoms with Gasteiger partial charge in [0, 0.05) is 27.2 Å². The number of ketones is 2. The predicted octanol–water partition coefficient (Wildman–Crippen LogP) is 8.20. The second-order valence-corrected chi connectivity index (χ2v) is 10.2. The van der Waals surface area contributed by atoms with Crippen LogP contribution in [0.2, 0.25) is 0 Å². The maximum absolute atomic E-state index is 13.8. The van der Waals surface area contributed by atoms with Gasteiger partial charge in [-0.15, -0.1) is 0 Å². The number of carbonyl (C=O) groups excluding carboxylic acids is 2. The molecule has 4 aromatic carbocycles. The minimum absolute atomic E-state index is 0.0153. The number of hydrogen-bond acceptors (Lipinski definition) is 6. The average molecular weight is 592 g/mol. The fourth-order valence-corrected chi connectivity index (χ4v) is 4.99. The molecule has 6 aromatic rings. The van der Waals surface area contributed by atoms with E-state index < -0.39 is 0 Å². The highest BCUT2D eigenvalue weighted by Crippen LogP contribution is 2.38. The van der Waals surface area contributed by atoms with Gasteiger partial charge in [0.2, 0.25) is 0 Å². The molecule has 196 valence electrons. The minimum Gasteiger partial charge on any atom is -0.484 e. The number of carbonyl (C=O) groups is 2. The van der Waals surface area contributed by atoms with Gasteiger partial charge in [-0.1, -0.05) is 93.9 Å². The number of fused-ring (bicyclic) bond motifs is 1. The molecule has 0 fully saturated rings. The number of nitrogens with zero attached hydrogens (tertiary/aromatic N) is 1. The van der Waals surface area contributed by atoms with E-state index in [2.05, 4.69) is 21.1 Å². The molecule has 2 aromatic heterocycles. The van der Waals surface area contributed by atoms with Crippen molar-refractivity contribution < 1.29 is 23.3 Å². The molecule has 0 bridgehead atoms. The molecule has 0 radical (unpaired) electrons. The van der Waals surface area contributed by atoms with Crippen molar-refractivity contribution in [3.05, 3.63) is 141 Å². The topological polar surface area (TPSA) is 82.5 Å². The Morgan fingerprint density at radius 1 is 0.800 bits per heavy atom. The Hall–Kier alpha value is -4.75. The Balaban J connectivity index is 1.44. The van der Waals surface area contributed by atoms with Crippen molar-refractivity contribution in [1.82, 2.24) is 5.16 Å². The highest BCUT2D eigenvalue weighted by atomic mass is 79.9. The van der Waals surface area contributed by atoms with Gasteiger partial charge in [-0.25, -0.2) is 0 Å². The van der Waals surface area contributed by atoms with Crippen LogP contribution < -0.4 is 4.74 Å². The lowest BCUT2D eigenvalue weighted by Gasteiger charge is -2.14. The van der Waals surface area contributed by atoms with Gasteiger partial charge in [-0.05, 0) is 31.2 Å². The second-order valence-electron chi connectivity index (χ2n) is 9.27. The zero-order valence-electron chi connectivity index (χ0n) is 21.4. The number of hydrogen-bond donors (Lipinski definition) is 0. The van der Waals surface area contributed by atoms with E-state index in [-0.39, 0.29) is 29.3 Å². The van der Waals surface area contributed by atoms with E-state index in [1.54, 1.807) is 73.7 Å². The Morgan fingerprint density at radius 3 is 2.15 bits per heavy atom. The summed E-state index contributed by atoms with van der Waals surface area (Å²) in [5.74, 6) is 0.854. The number of aryl methyl sites for hydroxylation is 1. The molecule has 0 N–H and O–H groups in total. The standard InChI is InChI=1S/C33H22BrNO5/c1-20-15-28-32(38-19-25-17-29(35-40-25)23-13-8-14-24(34)16-23)26(30(36)21-9-4-2-5-10-21)18-27(33(28)39-20)31(37)22-11-6-3-7-12-22/h2-18H,19H2,1H3. The summed E-state index contributed by atoms with van der Waals surface area (Å²) in [5.41, 5.74) is 3.42. The van der Waals surface area contributed by atoms with Crippen LogP contribution in [0.3, 0.4) is 0 Å². The monoisotopic (exact) mass is 591 g/mol. The lowest BCUT2D eigenvalue weighted by molar-refractivity contribution is 0.103. The zero-order chi connectivity index (χ0) is 27.6. The lowest BCUT2D eigenvalue weighted by Crippen LogP contribution is -2.10. The van der Waals surface area contributed by atoms with Crippen molar-refractivity contribution in [3.63, 3.8) is 0 Å². The maximum atomic E-state index is 13.8. The molecule has 0 aliphatic heterocycles. The van der Waals surface area contributed by atoms with Gasteiger partial charge in [0.15, 0.2) is 17.3 Å². The lowest BCUT2D eigenvalue weighted by atomic mass is 9.94. The smallest absolute Gasteiger partial charge is 0.196 e. The molecule has 0 aliphatic carbocycles. The molecule has 0 unspecified atom stereocenters. The summed E-state index contributed by atoms with van der Waals surface area (Å²) in [7, 11) is 0. The van der Waals surface area contributed by atoms with Crippen LogP contribution in [0.1, 0.15) is 43.4 Å². The molecule has 0 saturated heterocycles. The van der Waals surface area contributed by atoms with E-state index in [0.717, 1.165) is 10.0 Å². The fraction of sp³-hybridized carbons (Fsp3) is 0.0606. The van der Waals surface area contributed by atoms with E-state index in [1.165, 1.54) is 0 Å². The Kier molecular flexibility index (Phi) is 6.88. The first-order valence-corrected chi connectivity index (χ1v) is 13.4. The molecular weight excluding hydrogens is 570 g/mol. The molecule has 40 heavy (non-hydrogen) atoms. The number of ether oxygens (including phenoxy) is 1. The number of rotatable bonds is 8. The fourth-order valence-electron chi connectivity index (χ4n) is 4.59. The third kappa shape index (κ3) is 4.99. The first-order chi connectivity index (χ1) is 19.5. The summed E-state index contributed by atoms with van der Waals surface area (Å²) < 4.78 is 18.7. The molecule has 0 amide bonds. The van der Waals surface area contributed by atoms with E-state index in [9.17, 15) is 9.59 Å². The van der Waals surface area contributed by atoms with E-state index in [1.807, 2.05) is 36.4 Å². The van der Waals surface area contributed by atoms with E-state index >= 15 is 0 Å². The Morgan fingerprint density at radius 2 is 1.48 bits per heavy atom. The third-order valence-electron chi connectivity index (χ3n) is 6.48. The van der Waals surface area contributed by atoms with Crippen LogP contribution in [0, 0.1) is 6.92 Å². The van der Waals surface area contributed by atoms with E-state index in [4.69, 9.17) is 13.7 Å². The molecule has 6 nitrogen and oxygen atoms in total. The molecule has 7 heteroatoms. The van der Waals surface area contributed by atoms with Crippen LogP contribution in [0.4, 0.5) is 0 Å². The molecule has 2 heterocycles. The third-order valence-corrected chi connectivity index (χ3v) is 6.97. The Bertz CT molecular complexity index is 1850. The molecule has 0 atom stereocenters. The van der Waals surface area contributed by atoms with Crippen molar-refractivity contribution in [2.75, 3.05) is 0 Å². The van der Waals surface area contributed by atoms with Crippen molar-refractivity contribution in [1.29, 1.82) is 0 Å². The van der Waals surface area contributed by atoms with Gasteiger partial charge in [-0.2, -0.15) is 0 Å². The van der Waals surface area contributed by atoms with E-state index in [0.29, 0.717) is 45.1 Å². The van der Waals surface area contributed by atoms with Crippen LogP contribution >= 0.6 is 15.9 Å². The summed E-state index contributed by atoms with van der Waals surface area (Å²) in [4.78, 5) is 27.4. The van der Waals surface area contributed by atoms with Crippen molar-refractivity contribution in [3.8, 4) is 17.0 Å². The zero-order valence-corrected chi connectivity index (χ0v) is 23.0. The summed E-state index contributed by atoms with van der Waals surface area (Å²) in [6.45, 7) is 1.81. The number of benzene rings is 4. The summed E-state index contributed by atoms with van der Waals surface area (Å²) in [6, 6.07) is 30.7. The van der Waals surface area contributed by atoms with Gasteiger partial charge in [0.1, 0.15) is 29.4 Å². The molecular formula is C33H22BrNO5. The SMILES string of the molecule is Cc1cc2c(OCc3cc(-c4cccc(Br)c4)no3)c(C(=O)c3ccccc3)cc(C(=O)c3ccccc3)c2o1. The summed E-state index contributed by atoms with van der Waals surface area (Å²) in [5, 5.41) is 4.71. The molecule has 0 saturated carbocycles. The van der Waals surface area contributed by atoms with Crippen molar-refractivity contribution in [2.45, 2.75) is 13.5 Å². The van der Waals surface area contributed by atoms with Crippen LogP contribution in [-0.4, -0.2) is 16.7 Å². The molecule has 0 aliphatic rings. The second kappa shape index (κ2) is 10.8. The highest BCUT2D eigenvalue weighted by Gasteiger charge is 2.26. The number of furan rings is 1. The van der Waals surface area contributed by atoms with Gasteiger partial charge < -0.3 is 13.7 Å². The number of aromatic nitrogens is 1. The maximum Gasteiger partial charge on any atom is 0.196 e. The minimum atomic E-state index is -0.272. The first kappa shape index (κ1) is 25.5. The van der Waals surface area contributed by atoms with Crippen molar-refractivity contribution in [2.24, 2.45) is 0 Å². The van der Waals surface area contributed by atoms with Crippen LogP contribution in [-0.2, 0) is 6.61 Å². The van der Waals surface area contributed by atoms with Crippen LogP contribution in [0.25, 0.3) is 22.2 Å². The largest absolute Gasteiger partial charge is 0.484 e. The van der Waals surface area contributed by atoms with Gasteiger partial charge in [0.25, 0.3) is 0 Å². The number of halogens is 1. The van der Waals surface area contributed by atoms with Crippen molar-refractivity contribution >= 4 is 38.5 Å². The quantitative estimate of drug-likeness (QED) is 0.166. The van der Waals surface area contributed by atoms with Gasteiger partial charge in [-0.3, -0.25) is 9.59 Å². The molecule has 0 spiro atoms. The normalized spacial score (nSPS) is 11.1. The predicted molar refractivity (Wildman–Crippen MR) is 155 cm³/mol. The van der Waals surface area contributed by atoms with Gasteiger partial charge >= 0.3 is 0 Å².